The van der Waals surface area contributed by atoms with Crippen LogP contribution in [0.25, 0.3) is 11.0 Å². The molecule has 0 bridgehead atoms. The zero-order valence-corrected chi connectivity index (χ0v) is 11.4. The number of carboxylic acids is 1. The number of benzene rings is 1. The molecule has 1 aromatic carbocycles. The van der Waals surface area contributed by atoms with E-state index in [2.05, 4.69) is 0 Å². The third-order valence-electron chi connectivity index (χ3n) is 3.89. The zero-order valence-electron chi connectivity index (χ0n) is 11.4. The number of furan rings is 1. The van der Waals surface area contributed by atoms with Gasteiger partial charge in [0.15, 0.2) is 5.76 Å². The van der Waals surface area contributed by atoms with Crippen LogP contribution in [-0.4, -0.2) is 34.5 Å². The van der Waals surface area contributed by atoms with Crippen LogP contribution in [0.5, 0.6) is 0 Å². The highest BCUT2D eigenvalue weighted by atomic mass is 19.1. The minimum atomic E-state index is -1.01. The van der Waals surface area contributed by atoms with Gasteiger partial charge in [0, 0.05) is 17.5 Å². The quantitative estimate of drug-likeness (QED) is 0.923. The van der Waals surface area contributed by atoms with Gasteiger partial charge >= 0.3 is 5.97 Å². The molecule has 5 nitrogen and oxygen atoms in total. The van der Waals surface area contributed by atoms with E-state index >= 15 is 0 Å². The van der Waals surface area contributed by atoms with Crippen molar-refractivity contribution in [3.8, 4) is 0 Å². The van der Waals surface area contributed by atoms with E-state index in [1.165, 1.54) is 23.1 Å². The molecule has 1 amide bonds. The summed E-state index contributed by atoms with van der Waals surface area (Å²) in [6.45, 7) is 2.06. The lowest BCUT2D eigenvalue weighted by Crippen LogP contribution is -2.40. The molecule has 6 heteroatoms. The molecule has 0 saturated carbocycles. The fourth-order valence-electron chi connectivity index (χ4n) is 2.79. The highest BCUT2D eigenvalue weighted by Crippen LogP contribution is 2.29. The van der Waals surface area contributed by atoms with Crippen LogP contribution < -0.4 is 0 Å². The minimum absolute atomic E-state index is 0.0868. The van der Waals surface area contributed by atoms with E-state index in [1.807, 2.05) is 0 Å². The van der Waals surface area contributed by atoms with Crippen LogP contribution in [0, 0.1) is 12.7 Å². The molecular formula is C15H14FNO4. The molecule has 0 radical (unpaired) electrons. The van der Waals surface area contributed by atoms with Crippen molar-refractivity contribution in [1.82, 2.24) is 4.90 Å². The Balaban J connectivity index is 2.02. The van der Waals surface area contributed by atoms with E-state index in [0.717, 1.165) is 0 Å². The van der Waals surface area contributed by atoms with Gasteiger partial charge in [0.25, 0.3) is 5.91 Å². The van der Waals surface area contributed by atoms with Crippen molar-refractivity contribution in [1.29, 1.82) is 0 Å². The van der Waals surface area contributed by atoms with Crippen LogP contribution >= 0.6 is 0 Å². The second-order valence-corrected chi connectivity index (χ2v) is 5.19. The average Bonchev–Trinajstić information content (AvgIpc) is 3.04. The number of hydrogen-bond donors (Lipinski definition) is 1. The molecule has 0 spiro atoms. The van der Waals surface area contributed by atoms with Crippen molar-refractivity contribution < 1.29 is 23.5 Å². The van der Waals surface area contributed by atoms with Gasteiger partial charge in [-0.25, -0.2) is 9.18 Å². The molecular weight excluding hydrogens is 277 g/mol. The molecule has 110 valence electrons. The maximum Gasteiger partial charge on any atom is 0.326 e. The molecule has 1 aliphatic rings. The Kier molecular flexibility index (Phi) is 3.16. The molecule has 2 aromatic rings. The number of nitrogens with zero attached hydrogens (tertiary/aromatic N) is 1. The normalized spacial score (nSPS) is 18.4. The summed E-state index contributed by atoms with van der Waals surface area (Å²) in [6.07, 6.45) is 1.09. The first-order valence-corrected chi connectivity index (χ1v) is 6.71. The third kappa shape index (κ3) is 2.16. The Bertz CT molecular complexity index is 737. The monoisotopic (exact) mass is 291 g/mol. The van der Waals surface area contributed by atoms with E-state index in [9.17, 15) is 14.0 Å². The molecule has 2 heterocycles. The standard InChI is InChI=1S/C15H14FNO4/c1-8-10-7-9(16)4-5-12(10)21-13(8)14(18)17-6-2-3-11(17)15(19)20/h4-5,7,11H,2-3,6H2,1H3,(H,19,20). The molecule has 1 unspecified atom stereocenters. The number of rotatable bonds is 2. The largest absolute Gasteiger partial charge is 0.480 e. The van der Waals surface area contributed by atoms with Gasteiger partial charge in [0.2, 0.25) is 0 Å². The molecule has 0 aliphatic carbocycles. The fraction of sp³-hybridized carbons (Fsp3) is 0.333. The number of aliphatic carboxylic acids is 1. The van der Waals surface area contributed by atoms with Crippen LogP contribution in [0.1, 0.15) is 29.0 Å². The lowest BCUT2D eigenvalue weighted by molar-refractivity contribution is -0.141. The van der Waals surface area contributed by atoms with Gasteiger partial charge in [-0.2, -0.15) is 0 Å². The minimum Gasteiger partial charge on any atom is -0.480 e. The van der Waals surface area contributed by atoms with Gasteiger partial charge in [-0.15, -0.1) is 0 Å². The number of carbonyl (C=O) groups excluding carboxylic acids is 1. The lowest BCUT2D eigenvalue weighted by Gasteiger charge is -2.20. The molecule has 1 saturated heterocycles. The van der Waals surface area contributed by atoms with Crippen molar-refractivity contribution in [2.75, 3.05) is 6.54 Å². The van der Waals surface area contributed by atoms with Gasteiger partial charge in [-0.1, -0.05) is 0 Å². The number of fused-ring (bicyclic) bond motifs is 1. The lowest BCUT2D eigenvalue weighted by atomic mass is 10.1. The summed E-state index contributed by atoms with van der Waals surface area (Å²) in [5.74, 6) is -1.78. The van der Waals surface area contributed by atoms with E-state index < -0.39 is 23.7 Å². The number of halogens is 1. The maximum absolute atomic E-state index is 13.3. The van der Waals surface area contributed by atoms with Gasteiger partial charge < -0.3 is 14.4 Å². The van der Waals surface area contributed by atoms with Crippen molar-refractivity contribution in [2.45, 2.75) is 25.8 Å². The highest BCUT2D eigenvalue weighted by molar-refractivity contribution is 6.00. The molecule has 1 atom stereocenters. The predicted octanol–water partition coefficient (Wildman–Crippen LogP) is 2.57. The maximum atomic E-state index is 13.3. The average molecular weight is 291 g/mol. The summed E-state index contributed by atoms with van der Waals surface area (Å²) in [4.78, 5) is 25.0. The number of amides is 1. The summed E-state index contributed by atoms with van der Waals surface area (Å²) in [7, 11) is 0. The topological polar surface area (TPSA) is 70.8 Å². The summed E-state index contributed by atoms with van der Waals surface area (Å²) in [5.41, 5.74) is 0.953. The van der Waals surface area contributed by atoms with E-state index in [4.69, 9.17) is 9.52 Å². The Morgan fingerprint density at radius 1 is 1.43 bits per heavy atom. The van der Waals surface area contributed by atoms with Crippen LogP contribution in [0.15, 0.2) is 22.6 Å². The second-order valence-electron chi connectivity index (χ2n) is 5.19. The number of carboxylic acid groups (broad SMARTS) is 1. The third-order valence-corrected chi connectivity index (χ3v) is 3.89. The van der Waals surface area contributed by atoms with Crippen LogP contribution in [0.2, 0.25) is 0 Å². The van der Waals surface area contributed by atoms with Crippen molar-refractivity contribution in [2.24, 2.45) is 0 Å². The van der Waals surface area contributed by atoms with Gasteiger partial charge in [0.1, 0.15) is 17.4 Å². The van der Waals surface area contributed by atoms with Crippen LogP contribution in [0.3, 0.4) is 0 Å². The number of carbonyl (C=O) groups is 2. The molecule has 1 N–H and O–H groups in total. The molecule has 1 aliphatic heterocycles. The predicted molar refractivity (Wildman–Crippen MR) is 72.6 cm³/mol. The Labute approximate surface area is 119 Å². The number of aryl methyl sites for hydroxylation is 1. The van der Waals surface area contributed by atoms with Crippen LogP contribution in [-0.2, 0) is 4.79 Å². The Morgan fingerprint density at radius 3 is 2.90 bits per heavy atom. The Morgan fingerprint density at radius 2 is 2.19 bits per heavy atom. The first-order chi connectivity index (χ1) is 9.99. The van der Waals surface area contributed by atoms with Gasteiger partial charge in [-0.3, -0.25) is 4.79 Å². The summed E-state index contributed by atoms with van der Waals surface area (Å²) in [6, 6.07) is 3.22. The van der Waals surface area contributed by atoms with Crippen molar-refractivity contribution in [3.63, 3.8) is 0 Å². The van der Waals surface area contributed by atoms with Crippen LogP contribution in [0.4, 0.5) is 4.39 Å². The van der Waals surface area contributed by atoms with E-state index in [1.54, 1.807) is 6.92 Å². The molecule has 1 aromatic heterocycles. The number of hydrogen-bond acceptors (Lipinski definition) is 3. The molecule has 1 fully saturated rings. The SMILES string of the molecule is Cc1c(C(=O)N2CCCC2C(=O)O)oc2ccc(F)cc12. The smallest absolute Gasteiger partial charge is 0.326 e. The second kappa shape index (κ2) is 4.87. The Hall–Kier alpha value is -2.37. The van der Waals surface area contributed by atoms with Gasteiger partial charge in [0.05, 0.1) is 0 Å². The first kappa shape index (κ1) is 13.6. The van der Waals surface area contributed by atoms with E-state index in [0.29, 0.717) is 35.9 Å². The highest BCUT2D eigenvalue weighted by Gasteiger charge is 2.36. The number of likely N-dealkylation sites (tertiary alicyclic amines) is 1. The molecule has 21 heavy (non-hydrogen) atoms. The zero-order chi connectivity index (χ0) is 15.1. The summed E-state index contributed by atoms with van der Waals surface area (Å²) in [5, 5.41) is 9.68. The van der Waals surface area contributed by atoms with Gasteiger partial charge in [-0.05, 0) is 38.0 Å². The van der Waals surface area contributed by atoms with Crippen molar-refractivity contribution in [3.05, 3.63) is 35.3 Å². The summed E-state index contributed by atoms with van der Waals surface area (Å²) >= 11 is 0. The first-order valence-electron chi connectivity index (χ1n) is 6.71. The molecule has 3 rings (SSSR count). The summed E-state index contributed by atoms with van der Waals surface area (Å²) < 4.78 is 18.8. The van der Waals surface area contributed by atoms with Crippen molar-refractivity contribution >= 4 is 22.8 Å². The fourth-order valence-corrected chi connectivity index (χ4v) is 2.79. The van der Waals surface area contributed by atoms with E-state index in [-0.39, 0.29) is 5.76 Å².